The molecule has 0 aliphatic carbocycles. The van der Waals surface area contributed by atoms with E-state index >= 15 is 0 Å². The molecule has 25 heavy (non-hydrogen) atoms. The zero-order chi connectivity index (χ0) is 18.0. The van der Waals surface area contributed by atoms with E-state index in [0.717, 1.165) is 24.1 Å². The van der Waals surface area contributed by atoms with Crippen LogP contribution in [-0.2, 0) is 24.9 Å². The van der Waals surface area contributed by atoms with Gasteiger partial charge in [-0.1, -0.05) is 24.3 Å². The van der Waals surface area contributed by atoms with Crippen LogP contribution in [-0.4, -0.2) is 32.1 Å². The van der Waals surface area contributed by atoms with Gasteiger partial charge < -0.3 is 10.2 Å². The number of nitro groups is 1. The normalized spacial score (nSPS) is 14.2. The molecule has 0 bridgehead atoms. The first-order valence-corrected chi connectivity index (χ1v) is 8.23. The van der Waals surface area contributed by atoms with Crippen molar-refractivity contribution in [3.8, 4) is 0 Å². The Hall–Kier alpha value is -2.90. The Morgan fingerprint density at radius 1 is 1.36 bits per heavy atom. The lowest BCUT2D eigenvalue weighted by Gasteiger charge is -2.16. The van der Waals surface area contributed by atoms with Crippen LogP contribution in [0.1, 0.15) is 29.7 Å². The molecule has 0 atom stereocenters. The first kappa shape index (κ1) is 16.9. The summed E-state index contributed by atoms with van der Waals surface area (Å²) in [6, 6.07) is 7.91. The van der Waals surface area contributed by atoms with Crippen molar-refractivity contribution >= 4 is 17.4 Å². The Labute approximate surface area is 145 Å². The van der Waals surface area contributed by atoms with Gasteiger partial charge in [0.2, 0.25) is 11.7 Å². The number of benzene rings is 1. The molecule has 132 valence electrons. The highest BCUT2D eigenvalue weighted by Gasteiger charge is 2.24. The lowest BCUT2D eigenvalue weighted by atomic mass is 10.1. The maximum Gasteiger partial charge on any atom is 0.333 e. The second-order valence-electron chi connectivity index (χ2n) is 6.26. The number of hydrogen-bond donors (Lipinski definition) is 1. The van der Waals surface area contributed by atoms with Crippen molar-refractivity contribution in [3.63, 3.8) is 0 Å². The summed E-state index contributed by atoms with van der Waals surface area (Å²) in [5.74, 6) is 0.590. The third kappa shape index (κ3) is 3.62. The van der Waals surface area contributed by atoms with Gasteiger partial charge in [-0.15, -0.1) is 0 Å². The molecule has 1 N–H and O–H groups in total. The summed E-state index contributed by atoms with van der Waals surface area (Å²) in [6.45, 7) is 3.48. The average Bonchev–Trinajstić information content (AvgIpc) is 3.08. The summed E-state index contributed by atoms with van der Waals surface area (Å²) in [5.41, 5.74) is 2.44. The van der Waals surface area contributed by atoms with Gasteiger partial charge >= 0.3 is 5.69 Å². The van der Waals surface area contributed by atoms with Gasteiger partial charge in [0.15, 0.2) is 0 Å². The van der Waals surface area contributed by atoms with Crippen molar-refractivity contribution in [2.75, 3.05) is 11.9 Å². The lowest BCUT2D eigenvalue weighted by Crippen LogP contribution is -2.23. The molecule has 0 radical (unpaired) electrons. The van der Waals surface area contributed by atoms with Crippen molar-refractivity contribution in [3.05, 3.63) is 51.2 Å². The Morgan fingerprint density at radius 3 is 2.80 bits per heavy atom. The van der Waals surface area contributed by atoms with Crippen molar-refractivity contribution in [2.45, 2.75) is 32.9 Å². The quantitative estimate of drug-likeness (QED) is 0.642. The van der Waals surface area contributed by atoms with E-state index in [9.17, 15) is 14.9 Å². The maximum absolute atomic E-state index is 11.8. The molecule has 1 saturated heterocycles. The van der Waals surface area contributed by atoms with Gasteiger partial charge in [-0.3, -0.25) is 14.9 Å². The van der Waals surface area contributed by atoms with Gasteiger partial charge in [0.05, 0.1) is 4.92 Å². The molecular weight excluding hydrogens is 322 g/mol. The van der Waals surface area contributed by atoms with Crippen molar-refractivity contribution in [1.29, 1.82) is 0 Å². The Kier molecular flexibility index (Phi) is 4.69. The van der Waals surface area contributed by atoms with Gasteiger partial charge in [0.25, 0.3) is 0 Å². The fourth-order valence-corrected chi connectivity index (χ4v) is 3.18. The van der Waals surface area contributed by atoms with E-state index in [-0.39, 0.29) is 11.6 Å². The lowest BCUT2D eigenvalue weighted by molar-refractivity contribution is -0.384. The minimum Gasteiger partial charge on any atom is -0.360 e. The van der Waals surface area contributed by atoms with Crippen LogP contribution >= 0.6 is 0 Å². The molecule has 3 rings (SSSR count). The molecule has 1 amide bonds. The molecule has 1 aromatic heterocycles. The number of aromatic nitrogens is 2. The van der Waals surface area contributed by atoms with E-state index < -0.39 is 4.92 Å². The first-order chi connectivity index (χ1) is 12.0. The van der Waals surface area contributed by atoms with E-state index in [4.69, 9.17) is 0 Å². The number of rotatable bonds is 6. The Bertz CT molecular complexity index is 815. The smallest absolute Gasteiger partial charge is 0.333 e. The van der Waals surface area contributed by atoms with E-state index in [0.29, 0.717) is 31.0 Å². The van der Waals surface area contributed by atoms with Crippen LogP contribution in [0, 0.1) is 17.0 Å². The number of hydrogen-bond acceptors (Lipinski definition) is 5. The number of anilines is 1. The van der Waals surface area contributed by atoms with E-state index in [2.05, 4.69) is 10.4 Å². The maximum atomic E-state index is 11.8. The van der Waals surface area contributed by atoms with Gasteiger partial charge in [-0.05, 0) is 24.5 Å². The van der Waals surface area contributed by atoms with Crippen LogP contribution in [0.4, 0.5) is 11.5 Å². The molecule has 0 unspecified atom stereocenters. The van der Waals surface area contributed by atoms with Crippen LogP contribution < -0.4 is 5.32 Å². The molecule has 1 aliphatic heterocycles. The van der Waals surface area contributed by atoms with Crippen LogP contribution in [0.25, 0.3) is 0 Å². The summed E-state index contributed by atoms with van der Waals surface area (Å²) in [7, 11) is 1.68. The second-order valence-corrected chi connectivity index (χ2v) is 6.26. The SMILES string of the molecule is Cc1nn(C)c(NCc2cccc(CN3CCCC3=O)c2)c1[N+](=O)[O-]. The summed E-state index contributed by atoms with van der Waals surface area (Å²) in [4.78, 5) is 24.4. The summed E-state index contributed by atoms with van der Waals surface area (Å²) in [5, 5.41) is 18.4. The van der Waals surface area contributed by atoms with Gasteiger partial charge in [0.1, 0.15) is 5.69 Å². The first-order valence-electron chi connectivity index (χ1n) is 8.23. The fraction of sp³-hybridized carbons (Fsp3) is 0.412. The second kappa shape index (κ2) is 6.92. The third-order valence-electron chi connectivity index (χ3n) is 4.37. The topological polar surface area (TPSA) is 93.3 Å². The molecule has 1 fully saturated rings. The molecule has 0 spiro atoms. The summed E-state index contributed by atoms with van der Waals surface area (Å²) >= 11 is 0. The zero-order valence-electron chi connectivity index (χ0n) is 14.4. The van der Waals surface area contributed by atoms with E-state index in [1.165, 1.54) is 4.68 Å². The number of nitrogens with one attached hydrogen (secondary N) is 1. The molecule has 1 aromatic carbocycles. The molecular formula is C17H21N5O3. The van der Waals surface area contributed by atoms with Crippen molar-refractivity contribution in [2.24, 2.45) is 7.05 Å². The number of likely N-dealkylation sites (tertiary alicyclic amines) is 1. The Balaban J connectivity index is 1.71. The minimum atomic E-state index is -0.417. The molecule has 0 saturated carbocycles. The molecule has 8 heteroatoms. The fourth-order valence-electron chi connectivity index (χ4n) is 3.18. The summed E-state index contributed by atoms with van der Waals surface area (Å²) < 4.78 is 1.49. The zero-order valence-corrected chi connectivity index (χ0v) is 14.4. The third-order valence-corrected chi connectivity index (χ3v) is 4.37. The number of carbonyl (C=O) groups excluding carboxylic acids is 1. The van der Waals surface area contributed by atoms with Crippen molar-refractivity contribution in [1.82, 2.24) is 14.7 Å². The molecule has 1 aliphatic rings. The number of carbonyl (C=O) groups is 1. The Morgan fingerprint density at radius 2 is 2.12 bits per heavy atom. The van der Waals surface area contributed by atoms with Gasteiger partial charge in [-0.2, -0.15) is 5.10 Å². The van der Waals surface area contributed by atoms with E-state index in [1.807, 2.05) is 29.2 Å². The highest BCUT2D eigenvalue weighted by Crippen LogP contribution is 2.27. The highest BCUT2D eigenvalue weighted by molar-refractivity contribution is 5.78. The summed E-state index contributed by atoms with van der Waals surface area (Å²) in [6.07, 6.45) is 1.55. The number of amides is 1. The van der Waals surface area contributed by atoms with Gasteiger partial charge in [0, 0.05) is 33.1 Å². The molecule has 8 nitrogen and oxygen atoms in total. The predicted molar refractivity (Wildman–Crippen MR) is 93.0 cm³/mol. The van der Waals surface area contributed by atoms with E-state index in [1.54, 1.807) is 14.0 Å². The number of aryl methyl sites for hydroxylation is 2. The highest BCUT2D eigenvalue weighted by atomic mass is 16.6. The van der Waals surface area contributed by atoms with Crippen molar-refractivity contribution < 1.29 is 9.72 Å². The van der Waals surface area contributed by atoms with Crippen LogP contribution in [0.2, 0.25) is 0 Å². The van der Waals surface area contributed by atoms with Crippen LogP contribution in [0.15, 0.2) is 24.3 Å². The van der Waals surface area contributed by atoms with Crippen LogP contribution in [0.5, 0.6) is 0 Å². The minimum absolute atomic E-state index is 0.00122. The van der Waals surface area contributed by atoms with Gasteiger partial charge in [-0.25, -0.2) is 4.68 Å². The number of nitrogens with zero attached hydrogens (tertiary/aromatic N) is 4. The predicted octanol–water partition coefficient (Wildman–Crippen LogP) is 2.37. The molecule has 2 aromatic rings. The molecule has 2 heterocycles. The largest absolute Gasteiger partial charge is 0.360 e. The monoisotopic (exact) mass is 343 g/mol. The average molecular weight is 343 g/mol. The van der Waals surface area contributed by atoms with Crippen LogP contribution in [0.3, 0.4) is 0 Å². The standard InChI is InChI=1S/C17H21N5O3/c1-12-16(22(24)25)17(20(2)19-12)18-10-13-5-3-6-14(9-13)11-21-8-4-7-15(21)23/h3,5-6,9,18H,4,7-8,10-11H2,1-2H3.